The van der Waals surface area contributed by atoms with Gasteiger partial charge in [0.1, 0.15) is 0 Å². The Labute approximate surface area is 180 Å². The monoisotopic (exact) mass is 415 g/mol. The van der Waals surface area contributed by atoms with Crippen LogP contribution in [-0.4, -0.2) is 63.2 Å². The third kappa shape index (κ3) is 3.43. The van der Waals surface area contributed by atoms with Gasteiger partial charge in [0.15, 0.2) is 11.5 Å². The Balaban J connectivity index is 1.60. The third-order valence-electron chi connectivity index (χ3n) is 5.72. The van der Waals surface area contributed by atoms with Crippen molar-refractivity contribution in [3.63, 3.8) is 0 Å². The standard InChI is InChI=1S/C23H25N7O/c1-3-24-23(31)29-14-12-28(13-15-29)22-25-19-7-5-4-6-18(19)21-27-26-20(30(21)22)17-10-8-16(2)9-11-17/h4-11H,3,12-15H2,1-2H3,(H,24,31). The molecule has 0 saturated carbocycles. The molecule has 1 saturated heterocycles. The van der Waals surface area contributed by atoms with Crippen molar-refractivity contribution < 1.29 is 4.79 Å². The molecule has 4 aromatic rings. The Bertz CT molecular complexity index is 1240. The highest BCUT2D eigenvalue weighted by Gasteiger charge is 2.25. The first kappa shape index (κ1) is 19.3. The molecule has 2 aromatic heterocycles. The highest BCUT2D eigenvalue weighted by atomic mass is 16.2. The Morgan fingerprint density at radius 1 is 1.00 bits per heavy atom. The summed E-state index contributed by atoms with van der Waals surface area (Å²) in [5.41, 5.74) is 3.88. The number of carbonyl (C=O) groups excluding carboxylic acids is 1. The summed E-state index contributed by atoms with van der Waals surface area (Å²) in [6.45, 7) is 7.31. The van der Waals surface area contributed by atoms with E-state index in [4.69, 9.17) is 4.98 Å². The number of amides is 2. The predicted molar refractivity (Wildman–Crippen MR) is 121 cm³/mol. The van der Waals surface area contributed by atoms with Crippen LogP contribution in [0.4, 0.5) is 10.7 Å². The number of nitrogens with zero attached hydrogens (tertiary/aromatic N) is 6. The second-order valence-electron chi connectivity index (χ2n) is 7.79. The molecule has 0 spiro atoms. The van der Waals surface area contributed by atoms with Gasteiger partial charge in [0.05, 0.1) is 5.52 Å². The molecule has 2 amide bonds. The molecule has 0 atom stereocenters. The molecule has 2 aromatic carbocycles. The summed E-state index contributed by atoms with van der Waals surface area (Å²) < 4.78 is 2.05. The van der Waals surface area contributed by atoms with E-state index in [2.05, 4.69) is 56.0 Å². The number of nitrogens with one attached hydrogen (secondary N) is 1. The minimum atomic E-state index is -0.0107. The molecular weight excluding hydrogens is 390 g/mol. The van der Waals surface area contributed by atoms with Gasteiger partial charge in [-0.25, -0.2) is 14.2 Å². The van der Waals surface area contributed by atoms with Crippen LogP contribution in [0.1, 0.15) is 12.5 Å². The van der Waals surface area contributed by atoms with Crippen LogP contribution in [0.2, 0.25) is 0 Å². The number of para-hydroxylation sites is 1. The molecule has 1 fully saturated rings. The highest BCUT2D eigenvalue weighted by Crippen LogP contribution is 2.29. The van der Waals surface area contributed by atoms with E-state index in [1.54, 1.807) is 0 Å². The van der Waals surface area contributed by atoms with E-state index in [0.29, 0.717) is 32.7 Å². The number of anilines is 1. The molecule has 8 nitrogen and oxygen atoms in total. The number of urea groups is 1. The van der Waals surface area contributed by atoms with Gasteiger partial charge in [-0.3, -0.25) is 0 Å². The summed E-state index contributed by atoms with van der Waals surface area (Å²) in [5.74, 6) is 1.58. The molecule has 8 heteroatoms. The highest BCUT2D eigenvalue weighted by molar-refractivity contribution is 5.93. The lowest BCUT2D eigenvalue weighted by Gasteiger charge is -2.35. The lowest BCUT2D eigenvalue weighted by Crippen LogP contribution is -2.52. The largest absolute Gasteiger partial charge is 0.338 e. The first-order valence-electron chi connectivity index (χ1n) is 10.6. The number of fused-ring (bicyclic) bond motifs is 3. The van der Waals surface area contributed by atoms with Crippen molar-refractivity contribution in [3.8, 4) is 11.4 Å². The van der Waals surface area contributed by atoms with Gasteiger partial charge in [0, 0.05) is 43.7 Å². The van der Waals surface area contributed by atoms with Crippen LogP contribution in [0, 0.1) is 6.92 Å². The minimum absolute atomic E-state index is 0.0107. The van der Waals surface area contributed by atoms with Gasteiger partial charge in [-0.05, 0) is 26.0 Å². The summed E-state index contributed by atoms with van der Waals surface area (Å²) in [7, 11) is 0. The van der Waals surface area contributed by atoms with E-state index in [1.165, 1.54) is 5.56 Å². The van der Waals surface area contributed by atoms with Crippen molar-refractivity contribution in [1.82, 2.24) is 29.8 Å². The maximum absolute atomic E-state index is 12.2. The number of hydrogen-bond acceptors (Lipinski definition) is 5. The molecule has 31 heavy (non-hydrogen) atoms. The maximum atomic E-state index is 12.2. The molecule has 0 bridgehead atoms. The van der Waals surface area contributed by atoms with E-state index in [9.17, 15) is 4.79 Å². The minimum Gasteiger partial charge on any atom is -0.338 e. The Hall–Kier alpha value is -3.68. The number of benzene rings is 2. The fourth-order valence-electron chi connectivity index (χ4n) is 4.04. The van der Waals surface area contributed by atoms with E-state index in [1.807, 2.05) is 36.1 Å². The van der Waals surface area contributed by atoms with E-state index in [-0.39, 0.29) is 6.03 Å². The summed E-state index contributed by atoms with van der Waals surface area (Å²) >= 11 is 0. The molecule has 158 valence electrons. The average Bonchev–Trinajstić information content (AvgIpc) is 3.25. The van der Waals surface area contributed by atoms with E-state index < -0.39 is 0 Å². The van der Waals surface area contributed by atoms with Crippen molar-refractivity contribution in [2.24, 2.45) is 0 Å². The normalized spacial score (nSPS) is 14.4. The molecule has 0 radical (unpaired) electrons. The molecule has 0 unspecified atom stereocenters. The lowest BCUT2D eigenvalue weighted by molar-refractivity contribution is 0.194. The van der Waals surface area contributed by atoms with Crippen molar-refractivity contribution in [2.75, 3.05) is 37.6 Å². The van der Waals surface area contributed by atoms with Gasteiger partial charge < -0.3 is 15.1 Å². The Morgan fingerprint density at radius 3 is 2.48 bits per heavy atom. The van der Waals surface area contributed by atoms with Gasteiger partial charge in [-0.15, -0.1) is 10.2 Å². The summed E-state index contributed by atoms with van der Waals surface area (Å²) in [5, 5.41) is 12.9. The second kappa shape index (κ2) is 7.86. The average molecular weight is 416 g/mol. The SMILES string of the molecule is CCNC(=O)N1CCN(c2nc3ccccc3c3nnc(-c4ccc(C)cc4)n23)CC1. The lowest BCUT2D eigenvalue weighted by atomic mass is 10.1. The topological polar surface area (TPSA) is 78.7 Å². The fourth-order valence-corrected chi connectivity index (χ4v) is 4.04. The molecule has 0 aliphatic carbocycles. The number of aromatic nitrogens is 4. The van der Waals surface area contributed by atoms with Crippen molar-refractivity contribution in [3.05, 3.63) is 54.1 Å². The van der Waals surface area contributed by atoms with Crippen LogP contribution in [0.3, 0.4) is 0 Å². The van der Waals surface area contributed by atoms with Gasteiger partial charge in [-0.1, -0.05) is 42.0 Å². The van der Waals surface area contributed by atoms with Crippen molar-refractivity contribution in [1.29, 1.82) is 0 Å². The Kier molecular flexibility index (Phi) is 4.89. The molecule has 5 rings (SSSR count). The molecule has 1 aliphatic heterocycles. The van der Waals surface area contributed by atoms with Crippen LogP contribution in [0.5, 0.6) is 0 Å². The van der Waals surface area contributed by atoms with Crippen LogP contribution >= 0.6 is 0 Å². The molecule has 1 aliphatic rings. The van der Waals surface area contributed by atoms with Crippen molar-refractivity contribution in [2.45, 2.75) is 13.8 Å². The van der Waals surface area contributed by atoms with Crippen LogP contribution in [0.15, 0.2) is 48.5 Å². The zero-order valence-electron chi connectivity index (χ0n) is 17.7. The first-order chi connectivity index (χ1) is 15.2. The number of carbonyl (C=O) groups is 1. The van der Waals surface area contributed by atoms with Gasteiger partial charge in [0.25, 0.3) is 0 Å². The maximum Gasteiger partial charge on any atom is 0.317 e. The summed E-state index contributed by atoms with van der Waals surface area (Å²) in [4.78, 5) is 21.3. The fraction of sp³-hybridized carbons (Fsp3) is 0.304. The third-order valence-corrected chi connectivity index (χ3v) is 5.72. The zero-order valence-corrected chi connectivity index (χ0v) is 17.7. The van der Waals surface area contributed by atoms with E-state index in [0.717, 1.165) is 33.9 Å². The summed E-state index contributed by atoms with van der Waals surface area (Å²) in [6.07, 6.45) is 0. The second-order valence-corrected chi connectivity index (χ2v) is 7.79. The molecule has 3 heterocycles. The zero-order chi connectivity index (χ0) is 21.4. The summed E-state index contributed by atoms with van der Waals surface area (Å²) in [6, 6.07) is 16.3. The van der Waals surface area contributed by atoms with Gasteiger partial charge in [0.2, 0.25) is 5.95 Å². The van der Waals surface area contributed by atoms with Gasteiger partial charge in [-0.2, -0.15) is 0 Å². The van der Waals surface area contributed by atoms with Crippen LogP contribution in [-0.2, 0) is 0 Å². The quantitative estimate of drug-likeness (QED) is 0.556. The molecule has 1 N–H and O–H groups in total. The van der Waals surface area contributed by atoms with Crippen LogP contribution in [0.25, 0.3) is 27.9 Å². The number of aryl methyl sites for hydroxylation is 1. The molecular formula is C23H25N7O. The number of hydrogen-bond donors (Lipinski definition) is 1. The number of piperazine rings is 1. The Morgan fingerprint density at radius 2 is 1.74 bits per heavy atom. The first-order valence-corrected chi connectivity index (χ1v) is 10.6. The van der Waals surface area contributed by atoms with Crippen molar-refractivity contribution >= 4 is 28.5 Å². The predicted octanol–water partition coefficient (Wildman–Crippen LogP) is 3.10. The van der Waals surface area contributed by atoms with Gasteiger partial charge >= 0.3 is 6.03 Å². The smallest absolute Gasteiger partial charge is 0.317 e. The van der Waals surface area contributed by atoms with Crippen LogP contribution < -0.4 is 10.2 Å². The number of rotatable bonds is 3. The van der Waals surface area contributed by atoms with E-state index >= 15 is 0 Å².